The molecule has 13 heavy (non-hydrogen) atoms. The first-order valence-electron chi connectivity index (χ1n) is 4.82. The zero-order valence-corrected chi connectivity index (χ0v) is 8.71. The van der Waals surface area contributed by atoms with Crippen LogP contribution in [0, 0.1) is 5.41 Å². The summed E-state index contributed by atoms with van der Waals surface area (Å²) < 4.78 is 5.64. The van der Waals surface area contributed by atoms with Crippen molar-refractivity contribution in [2.45, 2.75) is 20.0 Å². The average Bonchev–Trinajstić information content (AvgIpc) is 2.51. The maximum atomic E-state index is 5.64. The highest BCUT2D eigenvalue weighted by atomic mass is 16.5. The van der Waals surface area contributed by atoms with E-state index in [1.54, 1.807) is 0 Å². The Morgan fingerprint density at radius 3 is 2.38 bits per heavy atom. The second-order valence-corrected chi connectivity index (χ2v) is 3.84. The van der Waals surface area contributed by atoms with Crippen LogP contribution >= 0.6 is 0 Å². The fourth-order valence-electron chi connectivity index (χ4n) is 1.47. The molecule has 0 atom stereocenters. The molecule has 2 nitrogen and oxygen atoms in total. The summed E-state index contributed by atoms with van der Waals surface area (Å²) in [5.74, 6) is 0. The second-order valence-electron chi connectivity index (χ2n) is 3.84. The van der Waals surface area contributed by atoms with Gasteiger partial charge in [-0.2, -0.15) is 0 Å². The van der Waals surface area contributed by atoms with Gasteiger partial charge in [-0.15, -0.1) is 0 Å². The fraction of sp³-hybridized carbons (Fsp3) is 0.636. The Balaban J connectivity index is 2.48. The molecule has 2 heteroatoms. The van der Waals surface area contributed by atoms with E-state index in [1.807, 2.05) is 7.05 Å². The minimum Gasteiger partial charge on any atom is -0.378 e. The van der Waals surface area contributed by atoms with E-state index >= 15 is 0 Å². The van der Waals surface area contributed by atoms with Gasteiger partial charge in [0.1, 0.15) is 0 Å². The standard InChI is InChI=1S/C11H19NO/c1-10(2)13-9-11(8-12-3)6-4-5-7-11/h4-7,10,12H,8-9H2,1-3H3. The molecular weight excluding hydrogens is 162 g/mol. The molecule has 0 aromatic carbocycles. The van der Waals surface area contributed by atoms with E-state index in [1.165, 1.54) is 0 Å². The molecule has 1 rings (SSSR count). The summed E-state index contributed by atoms with van der Waals surface area (Å²) in [5.41, 5.74) is 0.0824. The Morgan fingerprint density at radius 1 is 1.31 bits per heavy atom. The summed E-state index contributed by atoms with van der Waals surface area (Å²) in [6, 6.07) is 0. The van der Waals surface area contributed by atoms with E-state index in [-0.39, 0.29) is 5.41 Å². The Kier molecular flexibility index (Phi) is 3.70. The average molecular weight is 181 g/mol. The lowest BCUT2D eigenvalue weighted by Gasteiger charge is -2.25. The lowest BCUT2D eigenvalue weighted by atomic mass is 9.91. The number of allylic oxidation sites excluding steroid dienone is 2. The van der Waals surface area contributed by atoms with Crippen molar-refractivity contribution in [3.05, 3.63) is 24.3 Å². The van der Waals surface area contributed by atoms with E-state index in [9.17, 15) is 0 Å². The van der Waals surface area contributed by atoms with Crippen LogP contribution in [0.4, 0.5) is 0 Å². The minimum absolute atomic E-state index is 0.0824. The summed E-state index contributed by atoms with van der Waals surface area (Å²) in [7, 11) is 1.97. The van der Waals surface area contributed by atoms with Gasteiger partial charge in [-0.05, 0) is 20.9 Å². The van der Waals surface area contributed by atoms with Crippen molar-refractivity contribution in [3.8, 4) is 0 Å². The van der Waals surface area contributed by atoms with Crippen molar-refractivity contribution in [3.63, 3.8) is 0 Å². The molecule has 74 valence electrons. The summed E-state index contributed by atoms with van der Waals surface area (Å²) in [6.45, 7) is 5.83. The molecule has 0 amide bonds. The molecule has 0 saturated carbocycles. The van der Waals surface area contributed by atoms with E-state index in [0.29, 0.717) is 6.10 Å². The molecule has 0 heterocycles. The van der Waals surface area contributed by atoms with Crippen molar-refractivity contribution < 1.29 is 4.74 Å². The Hall–Kier alpha value is -0.600. The Morgan fingerprint density at radius 2 is 1.92 bits per heavy atom. The molecule has 0 saturated heterocycles. The highest BCUT2D eigenvalue weighted by Gasteiger charge is 2.25. The lowest BCUT2D eigenvalue weighted by Crippen LogP contribution is -2.33. The van der Waals surface area contributed by atoms with Gasteiger partial charge in [0.15, 0.2) is 0 Å². The van der Waals surface area contributed by atoms with Crippen LogP contribution in [0.15, 0.2) is 24.3 Å². The monoisotopic (exact) mass is 181 g/mol. The van der Waals surface area contributed by atoms with Gasteiger partial charge in [-0.25, -0.2) is 0 Å². The van der Waals surface area contributed by atoms with Crippen LogP contribution in [-0.2, 0) is 4.74 Å². The molecule has 0 spiro atoms. The van der Waals surface area contributed by atoms with Gasteiger partial charge in [-0.3, -0.25) is 0 Å². The zero-order chi connectivity index (χ0) is 9.73. The minimum atomic E-state index is 0.0824. The first-order chi connectivity index (χ1) is 6.18. The van der Waals surface area contributed by atoms with Gasteiger partial charge in [0.05, 0.1) is 12.7 Å². The third kappa shape index (κ3) is 2.98. The summed E-state index contributed by atoms with van der Waals surface area (Å²) >= 11 is 0. The molecule has 1 aliphatic carbocycles. The number of rotatable bonds is 5. The largest absolute Gasteiger partial charge is 0.378 e. The lowest BCUT2D eigenvalue weighted by molar-refractivity contribution is 0.0426. The molecule has 0 aromatic heterocycles. The highest BCUT2D eigenvalue weighted by molar-refractivity contribution is 5.25. The predicted molar refractivity (Wildman–Crippen MR) is 55.7 cm³/mol. The fourth-order valence-corrected chi connectivity index (χ4v) is 1.47. The maximum Gasteiger partial charge on any atom is 0.0607 e. The SMILES string of the molecule is CNCC1(COC(C)C)C=CC=C1. The summed E-state index contributed by atoms with van der Waals surface area (Å²) in [5, 5.41) is 3.19. The smallest absolute Gasteiger partial charge is 0.0607 e. The van der Waals surface area contributed by atoms with E-state index in [0.717, 1.165) is 13.2 Å². The van der Waals surface area contributed by atoms with Crippen molar-refractivity contribution in [2.24, 2.45) is 5.41 Å². The van der Waals surface area contributed by atoms with E-state index < -0.39 is 0 Å². The quantitative estimate of drug-likeness (QED) is 0.697. The van der Waals surface area contributed by atoms with E-state index in [4.69, 9.17) is 4.74 Å². The second kappa shape index (κ2) is 4.58. The van der Waals surface area contributed by atoms with Gasteiger partial charge < -0.3 is 10.1 Å². The van der Waals surface area contributed by atoms with Gasteiger partial charge in [0.25, 0.3) is 0 Å². The predicted octanol–water partition coefficient (Wildman–Crippen LogP) is 1.74. The number of hydrogen-bond acceptors (Lipinski definition) is 2. The highest BCUT2D eigenvalue weighted by Crippen LogP contribution is 2.25. The van der Waals surface area contributed by atoms with Crippen LogP contribution < -0.4 is 5.32 Å². The van der Waals surface area contributed by atoms with Crippen molar-refractivity contribution in [2.75, 3.05) is 20.2 Å². The molecule has 0 radical (unpaired) electrons. The molecule has 0 bridgehead atoms. The third-order valence-electron chi connectivity index (χ3n) is 2.16. The first kappa shape index (κ1) is 10.5. The van der Waals surface area contributed by atoms with Gasteiger partial charge in [0.2, 0.25) is 0 Å². The van der Waals surface area contributed by atoms with Crippen LogP contribution in [0.1, 0.15) is 13.8 Å². The maximum absolute atomic E-state index is 5.64. The zero-order valence-electron chi connectivity index (χ0n) is 8.71. The molecule has 1 aliphatic rings. The Bertz CT molecular complexity index is 194. The van der Waals surface area contributed by atoms with Crippen LogP contribution in [0.2, 0.25) is 0 Å². The van der Waals surface area contributed by atoms with E-state index in [2.05, 4.69) is 43.5 Å². The molecular formula is C11H19NO. The van der Waals surface area contributed by atoms with Crippen LogP contribution in [0.25, 0.3) is 0 Å². The van der Waals surface area contributed by atoms with Crippen molar-refractivity contribution in [1.29, 1.82) is 0 Å². The normalized spacial score (nSPS) is 18.8. The number of nitrogens with one attached hydrogen (secondary N) is 1. The third-order valence-corrected chi connectivity index (χ3v) is 2.16. The first-order valence-corrected chi connectivity index (χ1v) is 4.82. The molecule has 0 fully saturated rings. The van der Waals surface area contributed by atoms with Crippen LogP contribution in [-0.4, -0.2) is 26.3 Å². The van der Waals surface area contributed by atoms with Crippen molar-refractivity contribution >= 4 is 0 Å². The number of ether oxygens (including phenoxy) is 1. The Labute approximate surface area is 80.7 Å². The molecule has 0 unspecified atom stereocenters. The van der Waals surface area contributed by atoms with Crippen LogP contribution in [0.5, 0.6) is 0 Å². The number of hydrogen-bond donors (Lipinski definition) is 1. The van der Waals surface area contributed by atoms with Crippen LogP contribution in [0.3, 0.4) is 0 Å². The summed E-state index contributed by atoms with van der Waals surface area (Å²) in [4.78, 5) is 0. The van der Waals surface area contributed by atoms with Gasteiger partial charge in [0, 0.05) is 12.0 Å². The molecule has 0 aliphatic heterocycles. The van der Waals surface area contributed by atoms with Crippen molar-refractivity contribution in [1.82, 2.24) is 5.32 Å². The summed E-state index contributed by atoms with van der Waals surface area (Å²) in [6.07, 6.45) is 8.87. The molecule has 1 N–H and O–H groups in total. The molecule has 0 aromatic rings. The topological polar surface area (TPSA) is 21.3 Å². The van der Waals surface area contributed by atoms with Gasteiger partial charge >= 0.3 is 0 Å². The van der Waals surface area contributed by atoms with Gasteiger partial charge in [-0.1, -0.05) is 24.3 Å².